The Morgan fingerprint density at radius 3 is 2.25 bits per heavy atom. The molecule has 0 bridgehead atoms. The van der Waals surface area contributed by atoms with Gasteiger partial charge in [-0.1, -0.05) is 65.3 Å². The lowest BCUT2D eigenvalue weighted by Gasteiger charge is -2.70. The molecule has 0 heterocycles. The fourth-order valence-corrected chi connectivity index (χ4v) is 10.1. The first-order chi connectivity index (χ1) is 14.8. The highest BCUT2D eigenvalue weighted by Gasteiger charge is 2.70. The molecule has 0 radical (unpaired) electrons. The lowest BCUT2D eigenvalue weighted by molar-refractivity contribution is -0.233. The maximum absolute atomic E-state index is 11.8. The standard InChI is InChI=1S/C31H52O/c1-20(2)11-10-12-21(3)23-14-17-31(9)27(23)24(32)19-26-29(7)16-13-22(4)28(5,6)25(29)15-18-30(26,31)8/h11,22-27,32H,3,10,12-19H2,1-2,4-9H3. The van der Waals surface area contributed by atoms with Gasteiger partial charge in [-0.15, -0.1) is 0 Å². The van der Waals surface area contributed by atoms with Crippen molar-refractivity contribution < 1.29 is 5.11 Å². The summed E-state index contributed by atoms with van der Waals surface area (Å²) >= 11 is 0. The van der Waals surface area contributed by atoms with Crippen molar-refractivity contribution in [1.29, 1.82) is 0 Å². The summed E-state index contributed by atoms with van der Waals surface area (Å²) in [6.45, 7) is 24.4. The Labute approximate surface area is 199 Å². The summed E-state index contributed by atoms with van der Waals surface area (Å²) in [6.07, 6.45) is 13.3. The van der Waals surface area contributed by atoms with Crippen LogP contribution in [0.4, 0.5) is 0 Å². The highest BCUT2D eigenvalue weighted by atomic mass is 16.3. The predicted molar refractivity (Wildman–Crippen MR) is 137 cm³/mol. The van der Waals surface area contributed by atoms with E-state index in [9.17, 15) is 5.11 Å². The Balaban J connectivity index is 1.64. The zero-order valence-electron chi connectivity index (χ0n) is 22.6. The van der Waals surface area contributed by atoms with Crippen molar-refractivity contribution in [3.8, 4) is 0 Å². The highest BCUT2D eigenvalue weighted by molar-refractivity contribution is 5.22. The molecule has 32 heavy (non-hydrogen) atoms. The van der Waals surface area contributed by atoms with Crippen LogP contribution in [0.1, 0.15) is 113 Å². The normalized spacial score (nSPS) is 49.5. The highest BCUT2D eigenvalue weighted by Crippen LogP contribution is 2.75. The van der Waals surface area contributed by atoms with Crippen LogP contribution < -0.4 is 0 Å². The van der Waals surface area contributed by atoms with E-state index in [-0.39, 0.29) is 11.5 Å². The summed E-state index contributed by atoms with van der Waals surface area (Å²) in [5.74, 6) is 3.15. The number of hydrogen-bond acceptors (Lipinski definition) is 1. The van der Waals surface area contributed by atoms with Crippen LogP contribution in [-0.4, -0.2) is 11.2 Å². The molecule has 1 nitrogen and oxygen atoms in total. The maximum atomic E-state index is 11.8. The van der Waals surface area contributed by atoms with Gasteiger partial charge in [0.15, 0.2) is 0 Å². The Morgan fingerprint density at radius 1 is 0.938 bits per heavy atom. The van der Waals surface area contributed by atoms with Crippen LogP contribution in [0.5, 0.6) is 0 Å². The first kappa shape index (κ1) is 24.6. The number of aliphatic hydroxyl groups is 1. The zero-order chi connectivity index (χ0) is 23.7. The Kier molecular flexibility index (Phi) is 6.14. The largest absolute Gasteiger partial charge is 0.393 e. The molecule has 1 N–H and O–H groups in total. The van der Waals surface area contributed by atoms with Crippen molar-refractivity contribution in [3.63, 3.8) is 0 Å². The first-order valence-corrected chi connectivity index (χ1v) is 13.8. The molecule has 0 aromatic rings. The molecule has 4 aliphatic rings. The predicted octanol–water partition coefficient (Wildman–Crippen LogP) is 8.58. The molecule has 1 heteroatoms. The summed E-state index contributed by atoms with van der Waals surface area (Å²) in [7, 11) is 0. The van der Waals surface area contributed by atoms with Crippen LogP contribution in [0.3, 0.4) is 0 Å². The quantitative estimate of drug-likeness (QED) is 0.434. The van der Waals surface area contributed by atoms with E-state index < -0.39 is 0 Å². The maximum Gasteiger partial charge on any atom is 0.0582 e. The minimum absolute atomic E-state index is 0.163. The van der Waals surface area contributed by atoms with E-state index in [1.807, 2.05) is 0 Å². The van der Waals surface area contributed by atoms with E-state index >= 15 is 0 Å². The van der Waals surface area contributed by atoms with Gasteiger partial charge < -0.3 is 5.11 Å². The molecule has 0 saturated heterocycles. The second-order valence-electron chi connectivity index (χ2n) is 14.2. The average Bonchev–Trinajstić information content (AvgIpc) is 3.07. The molecule has 0 aromatic heterocycles. The Hall–Kier alpha value is -0.560. The van der Waals surface area contributed by atoms with Gasteiger partial charge in [-0.3, -0.25) is 0 Å². The molecule has 182 valence electrons. The molecular formula is C31H52O. The Bertz CT molecular complexity index is 771. The van der Waals surface area contributed by atoms with E-state index in [2.05, 4.69) is 68.0 Å². The van der Waals surface area contributed by atoms with Gasteiger partial charge in [-0.25, -0.2) is 0 Å². The fourth-order valence-electron chi connectivity index (χ4n) is 10.1. The summed E-state index contributed by atoms with van der Waals surface area (Å²) < 4.78 is 0. The third-order valence-electron chi connectivity index (χ3n) is 12.5. The van der Waals surface area contributed by atoms with E-state index in [1.165, 1.54) is 49.7 Å². The smallest absolute Gasteiger partial charge is 0.0582 e. The summed E-state index contributed by atoms with van der Waals surface area (Å²) in [4.78, 5) is 0. The van der Waals surface area contributed by atoms with Crippen molar-refractivity contribution in [2.75, 3.05) is 0 Å². The molecule has 9 atom stereocenters. The Morgan fingerprint density at radius 2 is 1.59 bits per heavy atom. The number of hydrogen-bond donors (Lipinski definition) is 1. The average molecular weight is 441 g/mol. The second kappa shape index (κ2) is 8.00. The van der Waals surface area contributed by atoms with Gasteiger partial charge in [0.2, 0.25) is 0 Å². The molecule has 9 unspecified atom stereocenters. The summed E-state index contributed by atoms with van der Waals surface area (Å²) in [5, 5.41) is 11.8. The molecule has 4 aliphatic carbocycles. The van der Waals surface area contributed by atoms with Crippen molar-refractivity contribution >= 4 is 0 Å². The van der Waals surface area contributed by atoms with Gasteiger partial charge >= 0.3 is 0 Å². The van der Waals surface area contributed by atoms with Crippen LogP contribution >= 0.6 is 0 Å². The lowest BCUT2D eigenvalue weighted by Crippen LogP contribution is -2.65. The van der Waals surface area contributed by atoms with E-state index in [0.29, 0.717) is 34.0 Å². The van der Waals surface area contributed by atoms with Gasteiger partial charge in [0.05, 0.1) is 6.10 Å². The van der Waals surface area contributed by atoms with Crippen LogP contribution in [0, 0.1) is 51.2 Å². The minimum atomic E-state index is -0.163. The molecule has 0 amide bonds. The number of allylic oxidation sites excluding steroid dienone is 3. The molecule has 0 spiro atoms. The van der Waals surface area contributed by atoms with Gasteiger partial charge in [0.25, 0.3) is 0 Å². The van der Waals surface area contributed by atoms with E-state index in [1.54, 1.807) is 0 Å². The van der Waals surface area contributed by atoms with Crippen LogP contribution in [0.2, 0.25) is 0 Å². The minimum Gasteiger partial charge on any atom is -0.393 e. The lowest BCUT2D eigenvalue weighted by atomic mass is 9.34. The number of rotatable bonds is 4. The molecular weight excluding hydrogens is 388 g/mol. The van der Waals surface area contributed by atoms with Gasteiger partial charge in [-0.2, -0.15) is 0 Å². The topological polar surface area (TPSA) is 20.2 Å². The SMILES string of the molecule is C=C(CCC=C(C)C)C1CCC2(C)C1C(O)CC1C3(C)CCC(C)C(C)(C)C3CCC12C. The van der Waals surface area contributed by atoms with Crippen LogP contribution in [0.25, 0.3) is 0 Å². The number of fused-ring (bicyclic) bond motifs is 5. The second-order valence-corrected chi connectivity index (χ2v) is 14.2. The van der Waals surface area contributed by atoms with Crippen molar-refractivity contribution in [2.45, 2.75) is 119 Å². The molecule has 4 saturated carbocycles. The van der Waals surface area contributed by atoms with Gasteiger partial charge in [0.1, 0.15) is 0 Å². The van der Waals surface area contributed by atoms with Gasteiger partial charge in [-0.05, 0) is 123 Å². The van der Waals surface area contributed by atoms with Gasteiger partial charge in [0, 0.05) is 0 Å². The van der Waals surface area contributed by atoms with Crippen molar-refractivity contribution in [2.24, 2.45) is 51.2 Å². The number of aliphatic hydroxyl groups excluding tert-OH is 1. The third-order valence-corrected chi connectivity index (χ3v) is 12.5. The van der Waals surface area contributed by atoms with Crippen LogP contribution in [-0.2, 0) is 0 Å². The van der Waals surface area contributed by atoms with E-state index in [0.717, 1.165) is 31.1 Å². The molecule has 4 rings (SSSR count). The molecule has 0 aliphatic heterocycles. The molecule has 0 aromatic carbocycles. The molecule has 4 fully saturated rings. The third kappa shape index (κ3) is 3.34. The summed E-state index contributed by atoms with van der Waals surface area (Å²) in [5.41, 5.74) is 4.17. The van der Waals surface area contributed by atoms with Crippen molar-refractivity contribution in [3.05, 3.63) is 23.8 Å². The van der Waals surface area contributed by atoms with E-state index in [4.69, 9.17) is 0 Å². The summed E-state index contributed by atoms with van der Waals surface area (Å²) in [6, 6.07) is 0. The fraction of sp³-hybridized carbons (Fsp3) is 0.871. The van der Waals surface area contributed by atoms with Crippen molar-refractivity contribution in [1.82, 2.24) is 0 Å². The zero-order valence-corrected chi connectivity index (χ0v) is 22.6. The first-order valence-electron chi connectivity index (χ1n) is 13.8. The monoisotopic (exact) mass is 440 g/mol. The van der Waals surface area contributed by atoms with Crippen LogP contribution in [0.15, 0.2) is 23.8 Å².